The summed E-state index contributed by atoms with van der Waals surface area (Å²) in [5.41, 5.74) is 6.58. The molecule has 0 saturated carbocycles. The van der Waals surface area contributed by atoms with Crippen LogP contribution in [0.5, 0.6) is 5.75 Å². The van der Waals surface area contributed by atoms with E-state index in [9.17, 15) is 4.39 Å². The highest BCUT2D eigenvalue weighted by Gasteiger charge is 2.30. The lowest BCUT2D eigenvalue weighted by Crippen LogP contribution is -2.46. The van der Waals surface area contributed by atoms with E-state index in [4.69, 9.17) is 15.2 Å². The third-order valence-corrected chi connectivity index (χ3v) is 3.35. The van der Waals surface area contributed by atoms with Gasteiger partial charge >= 0.3 is 0 Å². The van der Waals surface area contributed by atoms with Gasteiger partial charge in [0.05, 0.1) is 25.9 Å². The second-order valence-electron chi connectivity index (χ2n) is 4.46. The van der Waals surface area contributed by atoms with E-state index in [-0.39, 0.29) is 23.7 Å². The first-order chi connectivity index (χ1) is 8.67. The molecule has 0 bridgehead atoms. The Kier molecular flexibility index (Phi) is 4.16. The van der Waals surface area contributed by atoms with Gasteiger partial charge in [-0.05, 0) is 24.7 Å². The van der Waals surface area contributed by atoms with E-state index in [1.807, 2.05) is 13.1 Å². The number of ether oxygens (including phenoxy) is 2. The van der Waals surface area contributed by atoms with E-state index < -0.39 is 0 Å². The highest BCUT2D eigenvalue weighted by atomic mass is 19.1. The molecule has 2 atom stereocenters. The minimum Gasteiger partial charge on any atom is -0.494 e. The second-order valence-corrected chi connectivity index (χ2v) is 4.46. The Hall–Kier alpha value is -1.17. The molecule has 1 fully saturated rings. The van der Waals surface area contributed by atoms with Crippen molar-refractivity contribution in [3.63, 3.8) is 0 Å². The first-order valence-electron chi connectivity index (χ1n) is 6.02. The van der Waals surface area contributed by atoms with Crippen molar-refractivity contribution in [2.24, 2.45) is 5.73 Å². The molecule has 18 heavy (non-hydrogen) atoms. The summed E-state index contributed by atoms with van der Waals surface area (Å²) in [5, 5.41) is 0. The van der Waals surface area contributed by atoms with Gasteiger partial charge in [0, 0.05) is 13.1 Å². The molecule has 1 aliphatic heterocycles. The Morgan fingerprint density at radius 1 is 1.56 bits per heavy atom. The van der Waals surface area contributed by atoms with Crippen LogP contribution in [0.1, 0.15) is 11.6 Å². The molecule has 1 heterocycles. The van der Waals surface area contributed by atoms with Gasteiger partial charge in [0.25, 0.3) is 0 Å². The molecule has 0 amide bonds. The predicted molar refractivity (Wildman–Crippen MR) is 67.1 cm³/mol. The zero-order valence-corrected chi connectivity index (χ0v) is 10.7. The lowest BCUT2D eigenvalue weighted by molar-refractivity contribution is -0.0577. The van der Waals surface area contributed by atoms with Gasteiger partial charge < -0.3 is 15.2 Å². The van der Waals surface area contributed by atoms with Gasteiger partial charge in [0.1, 0.15) is 0 Å². The molecular weight excluding hydrogens is 235 g/mol. The largest absolute Gasteiger partial charge is 0.494 e. The molecule has 0 radical (unpaired) electrons. The summed E-state index contributed by atoms with van der Waals surface area (Å²) in [6.07, 6.45) is -0.100. The van der Waals surface area contributed by atoms with E-state index in [1.165, 1.54) is 13.2 Å². The van der Waals surface area contributed by atoms with E-state index in [0.717, 1.165) is 12.1 Å². The standard InChI is InChI=1S/C13H19FN2O2/c1-16-5-6-18-12(8-15)13(16)9-3-4-11(17-2)10(14)7-9/h3-4,7,12-13H,5-6,8,15H2,1-2H3. The fourth-order valence-electron chi connectivity index (χ4n) is 2.39. The maximum atomic E-state index is 13.7. The summed E-state index contributed by atoms with van der Waals surface area (Å²) in [4.78, 5) is 2.14. The summed E-state index contributed by atoms with van der Waals surface area (Å²) in [7, 11) is 3.45. The SMILES string of the molecule is COc1ccc(C2C(CN)OCCN2C)cc1F. The molecule has 1 aromatic carbocycles. The van der Waals surface area contributed by atoms with Crippen molar-refractivity contribution in [2.45, 2.75) is 12.1 Å². The molecule has 100 valence electrons. The Balaban J connectivity index is 2.30. The van der Waals surface area contributed by atoms with Crippen LogP contribution in [0.15, 0.2) is 18.2 Å². The summed E-state index contributed by atoms with van der Waals surface area (Å²) < 4.78 is 24.3. The Labute approximate surface area is 106 Å². The quantitative estimate of drug-likeness (QED) is 0.879. The number of morpholine rings is 1. The number of benzene rings is 1. The van der Waals surface area contributed by atoms with E-state index in [0.29, 0.717) is 13.2 Å². The van der Waals surface area contributed by atoms with Gasteiger partial charge in [0.15, 0.2) is 11.6 Å². The fraction of sp³-hybridized carbons (Fsp3) is 0.538. The number of likely N-dealkylation sites (N-methyl/N-ethyl adjacent to an activating group) is 1. The smallest absolute Gasteiger partial charge is 0.165 e. The third-order valence-electron chi connectivity index (χ3n) is 3.35. The third kappa shape index (κ3) is 2.48. The van der Waals surface area contributed by atoms with Gasteiger partial charge in [-0.2, -0.15) is 0 Å². The van der Waals surface area contributed by atoms with Gasteiger partial charge in [-0.25, -0.2) is 4.39 Å². The molecule has 1 aromatic rings. The minimum atomic E-state index is -0.357. The fourth-order valence-corrected chi connectivity index (χ4v) is 2.39. The van der Waals surface area contributed by atoms with Crippen LogP contribution in [0.25, 0.3) is 0 Å². The van der Waals surface area contributed by atoms with Gasteiger partial charge in [-0.15, -0.1) is 0 Å². The number of methoxy groups -OCH3 is 1. The second kappa shape index (κ2) is 5.65. The topological polar surface area (TPSA) is 47.7 Å². The molecule has 0 spiro atoms. The van der Waals surface area contributed by atoms with Crippen LogP contribution in [-0.2, 0) is 4.74 Å². The van der Waals surface area contributed by atoms with Crippen LogP contribution >= 0.6 is 0 Å². The zero-order chi connectivity index (χ0) is 13.1. The monoisotopic (exact) mass is 254 g/mol. The Morgan fingerprint density at radius 3 is 2.94 bits per heavy atom. The summed E-state index contributed by atoms with van der Waals surface area (Å²) >= 11 is 0. The van der Waals surface area contributed by atoms with Crippen LogP contribution in [-0.4, -0.2) is 44.9 Å². The lowest BCUT2D eigenvalue weighted by atomic mass is 9.98. The molecular formula is C13H19FN2O2. The van der Waals surface area contributed by atoms with Crippen molar-refractivity contribution >= 4 is 0 Å². The summed E-state index contributed by atoms with van der Waals surface area (Å²) in [6.45, 7) is 1.89. The number of hydrogen-bond acceptors (Lipinski definition) is 4. The molecule has 1 aliphatic rings. The average Bonchev–Trinajstić information content (AvgIpc) is 2.38. The summed E-state index contributed by atoms with van der Waals surface area (Å²) in [5.74, 6) is -0.104. The number of nitrogens with two attached hydrogens (primary N) is 1. The van der Waals surface area contributed by atoms with Crippen LogP contribution in [0.4, 0.5) is 4.39 Å². The number of halogens is 1. The van der Waals surface area contributed by atoms with Crippen molar-refractivity contribution < 1.29 is 13.9 Å². The highest BCUT2D eigenvalue weighted by molar-refractivity contribution is 5.31. The van der Waals surface area contributed by atoms with Gasteiger partial charge in [-0.3, -0.25) is 4.90 Å². The maximum absolute atomic E-state index is 13.7. The lowest BCUT2D eigenvalue weighted by Gasteiger charge is -2.39. The van der Waals surface area contributed by atoms with Crippen molar-refractivity contribution in [2.75, 3.05) is 33.9 Å². The van der Waals surface area contributed by atoms with E-state index >= 15 is 0 Å². The van der Waals surface area contributed by atoms with Gasteiger partial charge in [0.2, 0.25) is 0 Å². The van der Waals surface area contributed by atoms with Crippen molar-refractivity contribution in [1.82, 2.24) is 4.90 Å². The first-order valence-corrected chi connectivity index (χ1v) is 6.02. The molecule has 1 saturated heterocycles. The number of hydrogen-bond donors (Lipinski definition) is 1. The van der Waals surface area contributed by atoms with Gasteiger partial charge in [-0.1, -0.05) is 6.07 Å². The van der Waals surface area contributed by atoms with Crippen LogP contribution < -0.4 is 10.5 Å². The molecule has 5 heteroatoms. The molecule has 4 nitrogen and oxygen atoms in total. The Morgan fingerprint density at radius 2 is 2.33 bits per heavy atom. The Bertz CT molecular complexity index is 414. The van der Waals surface area contributed by atoms with Crippen molar-refractivity contribution in [3.05, 3.63) is 29.6 Å². The first kappa shape index (κ1) is 13.3. The summed E-state index contributed by atoms with van der Waals surface area (Å²) in [6, 6.07) is 4.99. The molecule has 2 unspecified atom stereocenters. The van der Waals surface area contributed by atoms with E-state index in [1.54, 1.807) is 6.07 Å². The maximum Gasteiger partial charge on any atom is 0.165 e. The molecule has 0 aliphatic carbocycles. The average molecular weight is 254 g/mol. The molecule has 2 rings (SSSR count). The van der Waals surface area contributed by atoms with Crippen molar-refractivity contribution in [1.29, 1.82) is 0 Å². The normalized spacial score (nSPS) is 25.1. The number of nitrogens with zero attached hydrogens (tertiary/aromatic N) is 1. The predicted octanol–water partition coefficient (Wildman–Crippen LogP) is 1.16. The molecule has 2 N–H and O–H groups in total. The number of rotatable bonds is 3. The van der Waals surface area contributed by atoms with Crippen molar-refractivity contribution in [3.8, 4) is 5.75 Å². The highest BCUT2D eigenvalue weighted by Crippen LogP contribution is 2.30. The zero-order valence-electron chi connectivity index (χ0n) is 10.7. The van der Waals surface area contributed by atoms with Crippen LogP contribution in [0, 0.1) is 5.82 Å². The van der Waals surface area contributed by atoms with Crippen LogP contribution in [0.2, 0.25) is 0 Å². The van der Waals surface area contributed by atoms with Crippen LogP contribution in [0.3, 0.4) is 0 Å². The minimum absolute atomic E-state index is 0.0100. The van der Waals surface area contributed by atoms with E-state index in [2.05, 4.69) is 4.90 Å². The molecule has 0 aromatic heterocycles.